The van der Waals surface area contributed by atoms with E-state index >= 15 is 0 Å². The quantitative estimate of drug-likeness (QED) is 0.689. The lowest BCUT2D eigenvalue weighted by Gasteiger charge is -2.03. The highest BCUT2D eigenvalue weighted by atomic mass is 32.2. The van der Waals surface area contributed by atoms with E-state index in [0.717, 1.165) is 17.8 Å². The van der Waals surface area contributed by atoms with Crippen LogP contribution in [-0.2, 0) is 0 Å². The predicted molar refractivity (Wildman–Crippen MR) is 66.3 cm³/mol. The maximum atomic E-state index is 13.5. The third kappa shape index (κ3) is 2.88. The van der Waals surface area contributed by atoms with Gasteiger partial charge in [-0.15, -0.1) is 11.3 Å². The Morgan fingerprint density at radius 3 is 2.79 bits per heavy atom. The Bertz CT molecular complexity index is 645. The molecule has 0 aliphatic heterocycles. The monoisotopic (exact) mass is 300 g/mol. The number of halogens is 1. The van der Waals surface area contributed by atoms with Crippen LogP contribution in [0.15, 0.2) is 32.9 Å². The highest BCUT2D eigenvalue weighted by Crippen LogP contribution is 2.37. The van der Waals surface area contributed by atoms with E-state index in [4.69, 9.17) is 5.11 Å². The molecular weight excluding hydrogens is 295 g/mol. The first-order valence-electron chi connectivity index (χ1n) is 4.77. The lowest BCUT2D eigenvalue weighted by atomic mass is 10.2. The fraction of sp³-hybridized carbons (Fsp3) is 0. The van der Waals surface area contributed by atoms with Crippen LogP contribution in [0.1, 0.15) is 10.4 Å². The lowest BCUT2D eigenvalue weighted by Crippen LogP contribution is -2.03. The van der Waals surface area contributed by atoms with Crippen LogP contribution in [0.4, 0.5) is 10.1 Å². The molecule has 98 valence electrons. The molecule has 0 radical (unpaired) electrons. The molecule has 1 aromatic carbocycles. The van der Waals surface area contributed by atoms with E-state index in [2.05, 4.69) is 4.98 Å². The summed E-state index contributed by atoms with van der Waals surface area (Å²) >= 11 is 2.16. The summed E-state index contributed by atoms with van der Waals surface area (Å²) in [6.07, 6.45) is 1.51. The minimum atomic E-state index is -1.55. The Labute approximate surface area is 114 Å². The number of carboxylic acids is 1. The van der Waals surface area contributed by atoms with Crippen molar-refractivity contribution in [1.29, 1.82) is 0 Å². The molecule has 0 aliphatic rings. The van der Waals surface area contributed by atoms with Crippen LogP contribution in [0.25, 0.3) is 0 Å². The van der Waals surface area contributed by atoms with Crippen molar-refractivity contribution in [3.8, 4) is 0 Å². The van der Waals surface area contributed by atoms with Crippen LogP contribution in [0.5, 0.6) is 0 Å². The van der Waals surface area contributed by atoms with Crippen molar-refractivity contribution < 1.29 is 19.2 Å². The van der Waals surface area contributed by atoms with Crippen molar-refractivity contribution in [3.05, 3.63) is 45.2 Å². The van der Waals surface area contributed by atoms with Crippen molar-refractivity contribution in [3.63, 3.8) is 0 Å². The van der Waals surface area contributed by atoms with Gasteiger partial charge in [0.15, 0.2) is 4.34 Å². The topological polar surface area (TPSA) is 93.3 Å². The Kier molecular flexibility index (Phi) is 3.76. The summed E-state index contributed by atoms with van der Waals surface area (Å²) in [5.41, 5.74) is -1.19. The molecular formula is C10H5FN2O4S2. The van der Waals surface area contributed by atoms with Gasteiger partial charge in [-0.25, -0.2) is 14.2 Å². The van der Waals surface area contributed by atoms with Crippen LogP contribution in [-0.4, -0.2) is 21.0 Å². The normalized spacial score (nSPS) is 10.4. The fourth-order valence-corrected chi connectivity index (χ4v) is 2.98. The zero-order valence-electron chi connectivity index (χ0n) is 9.07. The van der Waals surface area contributed by atoms with Gasteiger partial charge in [-0.3, -0.25) is 10.1 Å². The molecule has 2 aromatic rings. The summed E-state index contributed by atoms with van der Waals surface area (Å²) in [6, 6.07) is 1.56. The molecule has 0 saturated heterocycles. The second-order valence-electron chi connectivity index (χ2n) is 3.26. The maximum absolute atomic E-state index is 13.5. The van der Waals surface area contributed by atoms with E-state index in [9.17, 15) is 19.3 Å². The molecule has 2 rings (SSSR count). The highest BCUT2D eigenvalue weighted by Gasteiger charge is 2.23. The number of rotatable bonds is 4. The number of hydrogen-bond acceptors (Lipinski definition) is 6. The van der Waals surface area contributed by atoms with Gasteiger partial charge in [0.1, 0.15) is 11.4 Å². The van der Waals surface area contributed by atoms with E-state index in [-0.39, 0.29) is 4.90 Å². The second kappa shape index (κ2) is 5.33. The molecule has 9 heteroatoms. The molecule has 1 N–H and O–H groups in total. The van der Waals surface area contributed by atoms with E-state index in [1.807, 2.05) is 0 Å². The minimum absolute atomic E-state index is 0.0162. The van der Waals surface area contributed by atoms with Gasteiger partial charge in [-0.05, 0) is 6.07 Å². The smallest absolute Gasteiger partial charge is 0.338 e. The first-order chi connectivity index (χ1) is 8.99. The van der Waals surface area contributed by atoms with Crippen LogP contribution in [0.3, 0.4) is 0 Å². The number of thiazole rings is 1. The van der Waals surface area contributed by atoms with Gasteiger partial charge in [0.05, 0.1) is 9.82 Å². The van der Waals surface area contributed by atoms with Gasteiger partial charge >= 0.3 is 5.97 Å². The highest BCUT2D eigenvalue weighted by molar-refractivity contribution is 8.01. The molecule has 0 fully saturated rings. The number of nitro groups is 1. The molecule has 0 saturated carbocycles. The summed E-state index contributed by atoms with van der Waals surface area (Å²) in [7, 11) is 0. The standard InChI is InChI=1S/C10H5FN2O4S2/c11-6-4-8(19-10-12-1-2-18-10)7(13(16)17)3-5(6)9(14)15/h1-4H,(H,14,15). The Morgan fingerprint density at radius 1 is 1.53 bits per heavy atom. The first kappa shape index (κ1) is 13.4. The molecule has 19 heavy (non-hydrogen) atoms. The Hall–Kier alpha value is -2.00. The number of benzene rings is 1. The van der Waals surface area contributed by atoms with Gasteiger partial charge in [0.25, 0.3) is 5.69 Å². The van der Waals surface area contributed by atoms with Gasteiger partial charge in [-0.2, -0.15) is 0 Å². The van der Waals surface area contributed by atoms with Crippen molar-refractivity contribution >= 4 is 34.8 Å². The zero-order valence-corrected chi connectivity index (χ0v) is 10.7. The number of aromatic carboxylic acids is 1. The van der Waals surface area contributed by atoms with Crippen molar-refractivity contribution in [2.45, 2.75) is 9.24 Å². The number of hydrogen-bond donors (Lipinski definition) is 1. The number of carboxylic acid groups (broad SMARTS) is 1. The number of nitro benzene ring substituents is 1. The van der Waals surface area contributed by atoms with Crippen LogP contribution >= 0.6 is 23.1 Å². The van der Waals surface area contributed by atoms with Crippen LogP contribution < -0.4 is 0 Å². The Balaban J connectivity index is 2.50. The van der Waals surface area contributed by atoms with Gasteiger partial charge in [-0.1, -0.05) is 11.8 Å². The average Bonchev–Trinajstić information content (AvgIpc) is 2.81. The predicted octanol–water partition coefficient (Wildman–Crippen LogP) is 3.04. The number of carbonyl (C=O) groups is 1. The third-order valence-corrected chi connectivity index (χ3v) is 4.01. The van der Waals surface area contributed by atoms with Gasteiger partial charge < -0.3 is 5.11 Å². The van der Waals surface area contributed by atoms with Crippen LogP contribution in [0.2, 0.25) is 0 Å². The second-order valence-corrected chi connectivity index (χ2v) is 5.45. The fourth-order valence-electron chi connectivity index (χ4n) is 1.29. The molecule has 0 atom stereocenters. The van der Waals surface area contributed by atoms with E-state index < -0.39 is 28.0 Å². The van der Waals surface area contributed by atoms with Crippen LogP contribution in [0, 0.1) is 15.9 Å². The molecule has 0 spiro atoms. The average molecular weight is 300 g/mol. The summed E-state index contributed by atoms with van der Waals surface area (Å²) < 4.78 is 14.0. The SMILES string of the molecule is O=C(O)c1cc([N+](=O)[O-])c(Sc2nccs2)cc1F. The summed E-state index contributed by atoms with van der Waals surface area (Å²) in [4.78, 5) is 24.8. The Morgan fingerprint density at radius 2 is 2.26 bits per heavy atom. The van der Waals surface area contributed by atoms with Gasteiger partial charge in [0.2, 0.25) is 0 Å². The molecule has 0 bridgehead atoms. The largest absolute Gasteiger partial charge is 0.478 e. The summed E-state index contributed by atoms with van der Waals surface area (Å²) in [5, 5.41) is 21.3. The van der Waals surface area contributed by atoms with E-state index in [0.29, 0.717) is 10.4 Å². The summed E-state index contributed by atoms with van der Waals surface area (Å²) in [5.74, 6) is -2.57. The maximum Gasteiger partial charge on any atom is 0.338 e. The molecule has 6 nitrogen and oxygen atoms in total. The molecule has 1 aromatic heterocycles. The lowest BCUT2D eigenvalue weighted by molar-refractivity contribution is -0.387. The number of aromatic nitrogens is 1. The molecule has 0 amide bonds. The van der Waals surface area contributed by atoms with E-state index in [1.165, 1.54) is 17.5 Å². The van der Waals surface area contributed by atoms with Crippen molar-refractivity contribution in [1.82, 2.24) is 4.98 Å². The van der Waals surface area contributed by atoms with Crippen molar-refractivity contribution in [2.75, 3.05) is 0 Å². The first-order valence-corrected chi connectivity index (χ1v) is 6.47. The van der Waals surface area contributed by atoms with Crippen molar-refractivity contribution in [2.24, 2.45) is 0 Å². The minimum Gasteiger partial charge on any atom is -0.478 e. The molecule has 1 heterocycles. The zero-order chi connectivity index (χ0) is 14.0. The summed E-state index contributed by atoms with van der Waals surface area (Å²) in [6.45, 7) is 0. The van der Waals surface area contributed by atoms with E-state index in [1.54, 1.807) is 5.38 Å². The molecule has 0 unspecified atom stereocenters. The third-order valence-electron chi connectivity index (χ3n) is 2.08. The number of nitrogens with zero attached hydrogens (tertiary/aromatic N) is 2. The molecule has 0 aliphatic carbocycles. The van der Waals surface area contributed by atoms with Gasteiger partial charge in [0, 0.05) is 17.6 Å².